The van der Waals surface area contributed by atoms with Crippen LogP contribution in [0.4, 0.5) is 5.69 Å². The maximum absolute atomic E-state index is 12.5. The summed E-state index contributed by atoms with van der Waals surface area (Å²) in [6, 6.07) is 26.6. The molecule has 0 aliphatic carbocycles. The maximum atomic E-state index is 12.5. The fourth-order valence-corrected chi connectivity index (χ4v) is 3.25. The number of H-pyrrole nitrogens is 1. The number of carbonyl (C=O) groups excluding carboxylic acids is 1. The minimum absolute atomic E-state index is 0.388. The zero-order valence-electron chi connectivity index (χ0n) is 17.8. The average Bonchev–Trinajstić information content (AvgIpc) is 3.40. The van der Waals surface area contributed by atoms with Gasteiger partial charge in [0.2, 0.25) is 0 Å². The highest BCUT2D eigenvalue weighted by atomic mass is 16.1. The predicted octanol–water partition coefficient (Wildman–Crippen LogP) is 4.37. The fourth-order valence-electron chi connectivity index (χ4n) is 3.25. The summed E-state index contributed by atoms with van der Waals surface area (Å²) in [4.78, 5) is 23.8. The molecule has 0 fully saturated rings. The molecule has 0 bridgehead atoms. The second-order valence-corrected chi connectivity index (χ2v) is 7.26. The SMILES string of the molecule is N#Cc1ccc(C(=O)N=CN(NCCc2cnc[nH]2)c2ccc(-c3ccccc3)cc2)cc1. The average molecular weight is 435 g/mol. The number of aliphatic imine (C=N–C) groups is 1. The highest BCUT2D eigenvalue weighted by molar-refractivity contribution is 6.00. The zero-order valence-corrected chi connectivity index (χ0v) is 17.8. The zero-order chi connectivity index (χ0) is 22.9. The van der Waals surface area contributed by atoms with Crippen molar-refractivity contribution < 1.29 is 4.79 Å². The highest BCUT2D eigenvalue weighted by Crippen LogP contribution is 2.22. The Morgan fingerprint density at radius 2 is 1.76 bits per heavy atom. The van der Waals surface area contributed by atoms with Crippen molar-refractivity contribution in [2.75, 3.05) is 11.6 Å². The van der Waals surface area contributed by atoms with Gasteiger partial charge in [-0.1, -0.05) is 42.5 Å². The lowest BCUT2D eigenvalue weighted by Gasteiger charge is -2.21. The topological polar surface area (TPSA) is 97.2 Å². The number of aromatic amines is 1. The van der Waals surface area contributed by atoms with Crippen LogP contribution in [0, 0.1) is 11.3 Å². The van der Waals surface area contributed by atoms with Crippen molar-refractivity contribution in [3.05, 3.63) is 108 Å². The van der Waals surface area contributed by atoms with Crippen molar-refractivity contribution in [2.45, 2.75) is 6.42 Å². The monoisotopic (exact) mass is 434 g/mol. The van der Waals surface area contributed by atoms with E-state index < -0.39 is 0 Å². The van der Waals surface area contributed by atoms with E-state index in [4.69, 9.17) is 5.26 Å². The molecule has 0 spiro atoms. The number of imidazole rings is 1. The Hall–Kier alpha value is -4.54. The summed E-state index contributed by atoms with van der Waals surface area (Å²) in [5.74, 6) is -0.388. The number of anilines is 1. The van der Waals surface area contributed by atoms with Crippen LogP contribution in [0.5, 0.6) is 0 Å². The quantitative estimate of drug-likeness (QED) is 0.244. The Labute approximate surface area is 192 Å². The van der Waals surface area contributed by atoms with Crippen molar-refractivity contribution >= 4 is 17.9 Å². The van der Waals surface area contributed by atoms with Crippen molar-refractivity contribution in [1.29, 1.82) is 5.26 Å². The Bertz CT molecular complexity index is 1240. The molecule has 0 aliphatic rings. The van der Waals surface area contributed by atoms with Crippen LogP contribution >= 0.6 is 0 Å². The molecule has 7 nitrogen and oxygen atoms in total. The van der Waals surface area contributed by atoms with Crippen LogP contribution in [0.25, 0.3) is 11.1 Å². The van der Waals surface area contributed by atoms with Gasteiger partial charge in [0, 0.05) is 30.4 Å². The molecule has 0 radical (unpaired) electrons. The normalized spacial score (nSPS) is 10.8. The number of hydrogen-bond acceptors (Lipinski definition) is 4. The molecule has 33 heavy (non-hydrogen) atoms. The van der Waals surface area contributed by atoms with Gasteiger partial charge in [0.05, 0.1) is 23.6 Å². The molecular formula is C26H22N6O. The number of hydrazine groups is 1. The fraction of sp³-hybridized carbons (Fsp3) is 0.0769. The van der Waals surface area contributed by atoms with Crippen LogP contribution in [-0.2, 0) is 6.42 Å². The molecule has 1 heterocycles. The van der Waals surface area contributed by atoms with Gasteiger partial charge in [0.15, 0.2) is 0 Å². The number of rotatable bonds is 8. The number of nitrogens with zero attached hydrogens (tertiary/aromatic N) is 4. The molecule has 0 unspecified atom stereocenters. The number of amides is 1. The first-order valence-electron chi connectivity index (χ1n) is 10.5. The molecule has 3 aromatic carbocycles. The summed E-state index contributed by atoms with van der Waals surface area (Å²) in [6.45, 7) is 0.611. The van der Waals surface area contributed by atoms with Gasteiger partial charge in [-0.15, -0.1) is 0 Å². The Kier molecular flexibility index (Phi) is 7.01. The second kappa shape index (κ2) is 10.7. The molecule has 4 aromatic rings. The van der Waals surface area contributed by atoms with Gasteiger partial charge < -0.3 is 4.98 Å². The van der Waals surface area contributed by atoms with E-state index in [0.29, 0.717) is 17.7 Å². The van der Waals surface area contributed by atoms with Gasteiger partial charge in [-0.3, -0.25) is 9.80 Å². The number of benzene rings is 3. The molecule has 1 amide bonds. The second-order valence-electron chi connectivity index (χ2n) is 7.26. The summed E-state index contributed by atoms with van der Waals surface area (Å²) in [7, 11) is 0. The molecule has 0 saturated carbocycles. The summed E-state index contributed by atoms with van der Waals surface area (Å²) in [6.07, 6.45) is 5.64. The highest BCUT2D eigenvalue weighted by Gasteiger charge is 2.08. The van der Waals surface area contributed by atoms with Crippen molar-refractivity contribution in [1.82, 2.24) is 15.4 Å². The first-order chi connectivity index (χ1) is 16.2. The van der Waals surface area contributed by atoms with E-state index in [0.717, 1.165) is 28.9 Å². The van der Waals surface area contributed by atoms with Gasteiger partial charge in [-0.2, -0.15) is 10.3 Å². The number of aromatic nitrogens is 2. The number of carbonyl (C=O) groups is 1. The minimum Gasteiger partial charge on any atom is -0.348 e. The van der Waals surface area contributed by atoms with Crippen molar-refractivity contribution in [3.8, 4) is 17.2 Å². The molecule has 162 valence electrons. The van der Waals surface area contributed by atoms with E-state index in [1.54, 1.807) is 41.8 Å². The molecule has 0 saturated heterocycles. The van der Waals surface area contributed by atoms with Crippen LogP contribution in [0.15, 0.2) is 96.4 Å². The lowest BCUT2D eigenvalue weighted by molar-refractivity contribution is 0.100. The van der Waals surface area contributed by atoms with Gasteiger partial charge in [-0.05, 0) is 47.5 Å². The minimum atomic E-state index is -0.388. The number of nitriles is 1. The van der Waals surface area contributed by atoms with Crippen molar-refractivity contribution in [2.24, 2.45) is 4.99 Å². The van der Waals surface area contributed by atoms with Crippen molar-refractivity contribution in [3.63, 3.8) is 0 Å². The summed E-state index contributed by atoms with van der Waals surface area (Å²) >= 11 is 0. The van der Waals surface area contributed by atoms with Gasteiger partial charge in [0.25, 0.3) is 5.91 Å². The first kappa shape index (κ1) is 21.7. The molecular weight excluding hydrogens is 412 g/mol. The van der Waals surface area contributed by atoms with Crippen LogP contribution in [0.3, 0.4) is 0 Å². The van der Waals surface area contributed by atoms with E-state index in [-0.39, 0.29) is 5.91 Å². The summed E-state index contributed by atoms with van der Waals surface area (Å²) in [5, 5.41) is 10.7. The summed E-state index contributed by atoms with van der Waals surface area (Å²) in [5.41, 5.74) is 8.30. The van der Waals surface area contributed by atoms with Gasteiger partial charge >= 0.3 is 0 Å². The molecule has 0 aliphatic heterocycles. The molecule has 0 atom stereocenters. The Morgan fingerprint density at radius 3 is 2.42 bits per heavy atom. The number of nitrogens with one attached hydrogen (secondary N) is 2. The Balaban J connectivity index is 1.51. The standard InChI is InChI=1S/C26H22N6O/c27-16-20-6-8-23(9-7-20)26(33)30-19-32(31-15-14-24-17-28-18-29-24)25-12-10-22(11-13-25)21-4-2-1-3-5-21/h1-13,17-19,31H,14-15H2,(H,28,29). The Morgan fingerprint density at radius 1 is 1.03 bits per heavy atom. The van der Waals surface area contributed by atoms with Gasteiger partial charge in [-0.25, -0.2) is 10.4 Å². The van der Waals surface area contributed by atoms with Crippen LogP contribution in [-0.4, -0.2) is 28.8 Å². The number of hydrogen-bond donors (Lipinski definition) is 2. The van der Waals surface area contributed by atoms with Gasteiger partial charge in [0.1, 0.15) is 6.34 Å². The third-order valence-corrected chi connectivity index (χ3v) is 5.04. The lowest BCUT2D eigenvalue weighted by Crippen LogP contribution is -2.38. The smallest absolute Gasteiger partial charge is 0.278 e. The molecule has 2 N–H and O–H groups in total. The van der Waals surface area contributed by atoms with E-state index >= 15 is 0 Å². The van der Waals surface area contributed by atoms with E-state index in [1.807, 2.05) is 48.5 Å². The van der Waals surface area contributed by atoms with E-state index in [2.05, 4.69) is 32.5 Å². The predicted molar refractivity (Wildman–Crippen MR) is 129 cm³/mol. The molecule has 1 aromatic heterocycles. The molecule has 4 rings (SSSR count). The molecule has 7 heteroatoms. The first-order valence-corrected chi connectivity index (χ1v) is 10.5. The maximum Gasteiger partial charge on any atom is 0.278 e. The van der Waals surface area contributed by atoms with Crippen LogP contribution in [0.1, 0.15) is 21.6 Å². The van der Waals surface area contributed by atoms with E-state index in [9.17, 15) is 4.79 Å². The summed E-state index contributed by atoms with van der Waals surface area (Å²) < 4.78 is 0. The van der Waals surface area contributed by atoms with E-state index in [1.165, 1.54) is 6.34 Å². The lowest BCUT2D eigenvalue weighted by atomic mass is 10.1. The third kappa shape index (κ3) is 5.79. The van der Waals surface area contributed by atoms with Crippen LogP contribution in [0.2, 0.25) is 0 Å². The van der Waals surface area contributed by atoms with Crippen LogP contribution < -0.4 is 10.4 Å². The third-order valence-electron chi connectivity index (χ3n) is 5.04. The largest absolute Gasteiger partial charge is 0.348 e.